The van der Waals surface area contributed by atoms with E-state index >= 15 is 0 Å². The van der Waals surface area contributed by atoms with Crippen LogP contribution in [-0.2, 0) is 22.7 Å². The van der Waals surface area contributed by atoms with Crippen LogP contribution in [0.2, 0.25) is 5.02 Å². The smallest absolute Gasteiger partial charge is 0.229 e. The number of pyridine rings is 1. The fourth-order valence-corrected chi connectivity index (χ4v) is 6.56. The van der Waals surface area contributed by atoms with Gasteiger partial charge in [0.05, 0.1) is 16.8 Å². The van der Waals surface area contributed by atoms with Gasteiger partial charge in [0.25, 0.3) is 0 Å². The second-order valence-electron chi connectivity index (χ2n) is 9.85. The van der Waals surface area contributed by atoms with Crippen LogP contribution < -0.4 is 5.32 Å². The molecule has 2 amide bonds. The molecule has 4 heterocycles. The van der Waals surface area contributed by atoms with Gasteiger partial charge in [-0.2, -0.15) is 0 Å². The highest BCUT2D eigenvalue weighted by Gasteiger charge is 2.27. The minimum Gasteiger partial charge on any atom is -0.311 e. The molecule has 0 spiro atoms. The lowest BCUT2D eigenvalue weighted by Gasteiger charge is -2.38. The lowest BCUT2D eigenvalue weighted by Crippen LogP contribution is -2.53. The minimum atomic E-state index is -0.0842. The van der Waals surface area contributed by atoms with E-state index in [0.29, 0.717) is 42.9 Å². The van der Waals surface area contributed by atoms with Gasteiger partial charge in [0.1, 0.15) is 0 Å². The number of carbonyl (C=O) groups excluding carboxylic acids is 2. The van der Waals surface area contributed by atoms with Crippen molar-refractivity contribution >= 4 is 45.0 Å². The van der Waals surface area contributed by atoms with Gasteiger partial charge in [-0.3, -0.25) is 24.4 Å². The Morgan fingerprint density at radius 3 is 2.66 bits per heavy atom. The highest BCUT2D eigenvalue weighted by atomic mass is 35.5. The molecule has 0 aliphatic carbocycles. The van der Waals surface area contributed by atoms with Crippen LogP contribution in [0.25, 0.3) is 21.3 Å². The Balaban J connectivity index is 1.53. The first-order valence-electron chi connectivity index (χ1n) is 12.3. The Kier molecular flexibility index (Phi) is 6.95. The molecule has 0 unspecified atom stereocenters. The molecule has 1 N–H and O–H groups in total. The third-order valence-corrected chi connectivity index (χ3v) is 8.50. The lowest BCUT2D eigenvalue weighted by atomic mass is 9.95. The molecule has 3 aromatic rings. The number of piperidine rings is 1. The van der Waals surface area contributed by atoms with Gasteiger partial charge in [-0.15, -0.1) is 11.3 Å². The molecule has 0 saturated carbocycles. The summed E-state index contributed by atoms with van der Waals surface area (Å²) in [5, 5.41) is 4.28. The molecule has 35 heavy (non-hydrogen) atoms. The third kappa shape index (κ3) is 5.00. The number of nitrogens with one attached hydrogen (secondary N) is 1. The number of aryl methyl sites for hydroxylation is 1. The lowest BCUT2D eigenvalue weighted by molar-refractivity contribution is -0.148. The average molecular weight is 511 g/mol. The average Bonchev–Trinajstić information content (AvgIpc) is 3.23. The summed E-state index contributed by atoms with van der Waals surface area (Å²) in [6, 6.07) is 9.07. The van der Waals surface area contributed by atoms with E-state index in [4.69, 9.17) is 11.6 Å². The first kappa shape index (κ1) is 24.4. The van der Waals surface area contributed by atoms with E-state index in [-0.39, 0.29) is 11.8 Å². The van der Waals surface area contributed by atoms with E-state index in [0.717, 1.165) is 45.9 Å². The summed E-state index contributed by atoms with van der Waals surface area (Å²) in [5.41, 5.74) is 5.56. The zero-order chi connectivity index (χ0) is 24.7. The maximum atomic E-state index is 12.3. The van der Waals surface area contributed by atoms with Gasteiger partial charge in [-0.05, 0) is 68.1 Å². The molecule has 0 bridgehead atoms. The molecule has 2 aliphatic rings. The number of imide groups is 1. The normalized spacial score (nSPS) is 21.8. The topological polar surface area (TPSA) is 65.5 Å². The summed E-state index contributed by atoms with van der Waals surface area (Å²) >= 11 is 8.18. The van der Waals surface area contributed by atoms with E-state index in [9.17, 15) is 9.59 Å². The fraction of sp³-hybridized carbons (Fsp3) is 0.444. The van der Waals surface area contributed by atoms with Crippen molar-refractivity contribution < 1.29 is 9.59 Å². The molecule has 5 rings (SSSR count). The summed E-state index contributed by atoms with van der Waals surface area (Å²) in [6.45, 7) is 9.77. The number of nitrogens with zero attached hydrogens (tertiary/aromatic N) is 3. The SMILES string of the molecule is Cc1cc(Cl)cc(-c2ccnc3cc(CN4C(=O)CCCC4=O)sc23)c1CN1C[C@@H](C)NC[C@@H]1C. The molecule has 2 saturated heterocycles. The molecule has 2 atom stereocenters. The first-order chi connectivity index (χ1) is 16.8. The molecule has 1 aromatic carbocycles. The van der Waals surface area contributed by atoms with Gasteiger partial charge in [0.15, 0.2) is 0 Å². The Morgan fingerprint density at radius 1 is 1.11 bits per heavy atom. The Bertz CT molecular complexity index is 1270. The number of piperazine rings is 1. The minimum absolute atomic E-state index is 0.0842. The van der Waals surface area contributed by atoms with Crippen LogP contribution in [0.15, 0.2) is 30.5 Å². The van der Waals surface area contributed by atoms with Gasteiger partial charge in [0, 0.05) is 66.2 Å². The number of benzene rings is 1. The van der Waals surface area contributed by atoms with E-state index in [2.05, 4.69) is 48.1 Å². The molecule has 184 valence electrons. The van der Waals surface area contributed by atoms with E-state index in [1.165, 1.54) is 16.0 Å². The number of aromatic nitrogens is 1. The number of hydrogen-bond donors (Lipinski definition) is 1. The highest BCUT2D eigenvalue weighted by Crippen LogP contribution is 2.39. The summed E-state index contributed by atoms with van der Waals surface area (Å²) in [5.74, 6) is -0.168. The molecule has 0 radical (unpaired) electrons. The fourth-order valence-electron chi connectivity index (χ4n) is 5.15. The van der Waals surface area contributed by atoms with Crippen molar-refractivity contribution in [2.24, 2.45) is 0 Å². The van der Waals surface area contributed by atoms with Crippen LogP contribution in [0.1, 0.15) is 49.1 Å². The molecule has 6 nitrogen and oxygen atoms in total. The van der Waals surface area contributed by atoms with Crippen molar-refractivity contribution in [3.8, 4) is 11.1 Å². The summed E-state index contributed by atoms with van der Waals surface area (Å²) in [7, 11) is 0. The van der Waals surface area contributed by atoms with Gasteiger partial charge in [-0.1, -0.05) is 11.6 Å². The second kappa shape index (κ2) is 9.97. The van der Waals surface area contributed by atoms with Crippen molar-refractivity contribution in [3.63, 3.8) is 0 Å². The highest BCUT2D eigenvalue weighted by molar-refractivity contribution is 7.19. The van der Waals surface area contributed by atoms with Gasteiger partial charge >= 0.3 is 0 Å². The van der Waals surface area contributed by atoms with Crippen LogP contribution in [0.3, 0.4) is 0 Å². The van der Waals surface area contributed by atoms with Crippen molar-refractivity contribution in [1.29, 1.82) is 0 Å². The molecule has 2 aromatic heterocycles. The number of rotatable bonds is 5. The predicted molar refractivity (Wildman–Crippen MR) is 142 cm³/mol. The van der Waals surface area contributed by atoms with Crippen LogP contribution in [0, 0.1) is 6.92 Å². The van der Waals surface area contributed by atoms with Gasteiger partial charge in [0.2, 0.25) is 11.8 Å². The largest absolute Gasteiger partial charge is 0.311 e. The van der Waals surface area contributed by atoms with E-state index in [1.807, 2.05) is 18.3 Å². The quantitative estimate of drug-likeness (QED) is 0.481. The Hall–Kier alpha value is -2.32. The van der Waals surface area contributed by atoms with Gasteiger partial charge < -0.3 is 5.32 Å². The zero-order valence-corrected chi connectivity index (χ0v) is 22.0. The van der Waals surface area contributed by atoms with Crippen LogP contribution >= 0.6 is 22.9 Å². The zero-order valence-electron chi connectivity index (χ0n) is 20.4. The summed E-state index contributed by atoms with van der Waals surface area (Å²) < 4.78 is 1.06. The Labute approximate surface area is 215 Å². The summed E-state index contributed by atoms with van der Waals surface area (Å²) in [4.78, 5) is 34.2. The number of thiophene rings is 1. The molecular weight excluding hydrogens is 480 g/mol. The monoisotopic (exact) mass is 510 g/mol. The van der Waals surface area contributed by atoms with Crippen LogP contribution in [0.5, 0.6) is 0 Å². The standard InChI is InChI=1S/C27H31ClN4O2S/c1-16-9-19(28)10-22(23(16)15-31-13-17(2)30-12-18(31)3)21-7-8-29-24-11-20(35-27(21)24)14-32-25(33)5-4-6-26(32)34/h7-11,17-18,30H,4-6,12-15H2,1-3H3/t17-,18+/m1/s1. The Morgan fingerprint density at radius 2 is 1.89 bits per heavy atom. The summed E-state index contributed by atoms with van der Waals surface area (Å²) in [6.07, 6.45) is 3.36. The van der Waals surface area contributed by atoms with Crippen molar-refractivity contribution in [2.75, 3.05) is 13.1 Å². The third-order valence-electron chi connectivity index (χ3n) is 7.14. The maximum absolute atomic E-state index is 12.3. The maximum Gasteiger partial charge on any atom is 0.229 e. The number of amides is 2. The van der Waals surface area contributed by atoms with Gasteiger partial charge in [-0.25, -0.2) is 0 Å². The number of likely N-dealkylation sites (tertiary alicyclic amines) is 1. The molecule has 2 fully saturated rings. The van der Waals surface area contributed by atoms with E-state index in [1.54, 1.807) is 11.3 Å². The van der Waals surface area contributed by atoms with E-state index < -0.39 is 0 Å². The number of hydrogen-bond acceptors (Lipinski definition) is 6. The first-order valence-corrected chi connectivity index (χ1v) is 13.5. The second-order valence-corrected chi connectivity index (χ2v) is 11.4. The molecular formula is C27H31ClN4O2S. The van der Waals surface area contributed by atoms with Crippen molar-refractivity contribution in [3.05, 3.63) is 51.5 Å². The van der Waals surface area contributed by atoms with Crippen molar-refractivity contribution in [2.45, 2.75) is 65.2 Å². The number of halogens is 1. The predicted octanol–water partition coefficient (Wildman–Crippen LogP) is 5.15. The van der Waals surface area contributed by atoms with Crippen molar-refractivity contribution in [1.82, 2.24) is 20.1 Å². The number of fused-ring (bicyclic) bond motifs is 1. The number of carbonyl (C=O) groups is 2. The molecule has 2 aliphatic heterocycles. The van der Waals surface area contributed by atoms with Crippen LogP contribution in [-0.4, -0.2) is 51.8 Å². The van der Waals surface area contributed by atoms with Crippen LogP contribution in [0.4, 0.5) is 0 Å². The molecule has 8 heteroatoms.